The van der Waals surface area contributed by atoms with Crippen LogP contribution in [0, 0.1) is 5.82 Å². The monoisotopic (exact) mass is 454 g/mol. The number of carbonyl (C=O) groups is 2. The second-order valence-electron chi connectivity index (χ2n) is 8.53. The number of nitrogens with zero attached hydrogens (tertiary/aromatic N) is 2. The average molecular weight is 455 g/mol. The largest absolute Gasteiger partial charge is 0.507 e. The van der Waals surface area contributed by atoms with E-state index in [0.29, 0.717) is 21.9 Å². The lowest BCUT2D eigenvalue weighted by atomic mass is 9.93. The van der Waals surface area contributed by atoms with Crippen LogP contribution in [0.5, 0.6) is 0 Å². The number of aromatic nitrogens is 1. The number of amides is 1. The summed E-state index contributed by atoms with van der Waals surface area (Å²) in [6.45, 7) is 5.74. The second-order valence-corrected chi connectivity index (χ2v) is 8.97. The maximum atomic E-state index is 14.1. The minimum Gasteiger partial charge on any atom is -0.507 e. The molecular formula is C24H20ClFN2O4. The molecule has 6 nitrogen and oxygen atoms in total. The Morgan fingerprint density at radius 1 is 1.12 bits per heavy atom. The number of anilines is 1. The van der Waals surface area contributed by atoms with Gasteiger partial charge in [0.2, 0.25) is 0 Å². The number of aliphatic hydroxyl groups is 1. The number of hydrogen-bond acceptors (Lipinski definition) is 5. The molecule has 1 amide bonds. The molecule has 32 heavy (non-hydrogen) atoms. The average Bonchev–Trinajstić information content (AvgIpc) is 3.32. The molecule has 0 radical (unpaired) electrons. The molecular weight excluding hydrogens is 435 g/mol. The van der Waals surface area contributed by atoms with Crippen LogP contribution >= 0.6 is 11.6 Å². The molecule has 8 heteroatoms. The van der Waals surface area contributed by atoms with Crippen molar-refractivity contribution in [3.63, 3.8) is 0 Å². The number of benzene rings is 2. The highest BCUT2D eigenvalue weighted by Gasteiger charge is 2.48. The smallest absolute Gasteiger partial charge is 0.301 e. The lowest BCUT2D eigenvalue weighted by molar-refractivity contribution is -0.132. The fourth-order valence-corrected chi connectivity index (χ4v) is 3.68. The summed E-state index contributed by atoms with van der Waals surface area (Å²) in [6, 6.07) is 12.1. The number of hydrogen-bond donors (Lipinski definition) is 1. The molecule has 2 heterocycles. The van der Waals surface area contributed by atoms with Gasteiger partial charge in [-0.15, -0.1) is 0 Å². The van der Waals surface area contributed by atoms with Crippen molar-refractivity contribution in [3.05, 3.63) is 87.9 Å². The van der Waals surface area contributed by atoms with Crippen molar-refractivity contribution in [2.24, 2.45) is 0 Å². The van der Waals surface area contributed by atoms with E-state index in [4.69, 9.17) is 16.1 Å². The van der Waals surface area contributed by atoms with Gasteiger partial charge in [0, 0.05) is 22.1 Å². The van der Waals surface area contributed by atoms with Crippen LogP contribution < -0.4 is 4.90 Å². The van der Waals surface area contributed by atoms with E-state index in [2.05, 4.69) is 5.16 Å². The quantitative estimate of drug-likeness (QED) is 0.326. The van der Waals surface area contributed by atoms with Crippen LogP contribution in [0.2, 0.25) is 5.02 Å². The maximum Gasteiger partial charge on any atom is 0.301 e. The Balaban J connectivity index is 1.93. The van der Waals surface area contributed by atoms with E-state index in [0.717, 1.165) is 4.90 Å². The van der Waals surface area contributed by atoms with Gasteiger partial charge in [0.1, 0.15) is 17.3 Å². The number of halogens is 2. The topological polar surface area (TPSA) is 83.6 Å². The number of ketones is 1. The highest BCUT2D eigenvalue weighted by atomic mass is 35.5. The molecule has 1 saturated heterocycles. The van der Waals surface area contributed by atoms with Crippen molar-refractivity contribution >= 4 is 34.9 Å². The zero-order valence-electron chi connectivity index (χ0n) is 17.6. The summed E-state index contributed by atoms with van der Waals surface area (Å²) in [4.78, 5) is 27.2. The van der Waals surface area contributed by atoms with Gasteiger partial charge in [-0.25, -0.2) is 4.39 Å². The van der Waals surface area contributed by atoms with E-state index >= 15 is 0 Å². The SMILES string of the molecule is CC(C)(C)c1cc(N2C(=O)C(=O)C(=C(O)c3ccc(Cl)cc3)[C@H]2c2cccc(F)c2)no1. The Labute approximate surface area is 188 Å². The Morgan fingerprint density at radius 2 is 1.81 bits per heavy atom. The van der Waals surface area contributed by atoms with Crippen LogP contribution in [0.25, 0.3) is 5.76 Å². The molecule has 1 atom stereocenters. The number of aliphatic hydroxyl groups excluding tert-OH is 1. The van der Waals surface area contributed by atoms with Crippen LogP contribution in [0.4, 0.5) is 10.2 Å². The minimum atomic E-state index is -1.10. The molecule has 4 rings (SSSR count). The highest BCUT2D eigenvalue weighted by molar-refractivity contribution is 6.51. The number of carbonyl (C=O) groups excluding carboxylic acids is 2. The third-order valence-corrected chi connectivity index (χ3v) is 5.46. The van der Waals surface area contributed by atoms with Gasteiger partial charge < -0.3 is 9.63 Å². The molecule has 1 aromatic heterocycles. The fourth-order valence-electron chi connectivity index (χ4n) is 3.56. The number of Topliss-reactive ketones (excluding diaryl/α,β-unsaturated/α-hetero) is 1. The van der Waals surface area contributed by atoms with Gasteiger partial charge in [0.25, 0.3) is 5.78 Å². The zero-order valence-corrected chi connectivity index (χ0v) is 18.4. The Hall–Kier alpha value is -3.45. The van der Waals surface area contributed by atoms with Crippen LogP contribution in [0.3, 0.4) is 0 Å². The van der Waals surface area contributed by atoms with Crippen molar-refractivity contribution < 1.29 is 23.6 Å². The summed E-state index contributed by atoms with van der Waals surface area (Å²) in [5, 5.41) is 15.4. The first-order valence-corrected chi connectivity index (χ1v) is 10.3. The van der Waals surface area contributed by atoms with Gasteiger partial charge in [-0.3, -0.25) is 14.5 Å². The molecule has 1 aliphatic rings. The van der Waals surface area contributed by atoms with E-state index in [1.54, 1.807) is 24.3 Å². The van der Waals surface area contributed by atoms with Crippen molar-refractivity contribution in [1.29, 1.82) is 0 Å². The summed E-state index contributed by atoms with van der Waals surface area (Å²) in [6.07, 6.45) is 0. The van der Waals surface area contributed by atoms with Crippen molar-refractivity contribution in [1.82, 2.24) is 5.16 Å². The van der Waals surface area contributed by atoms with Crippen LogP contribution in [0.15, 0.2) is 64.7 Å². The third-order valence-electron chi connectivity index (χ3n) is 5.21. The predicted molar refractivity (Wildman–Crippen MR) is 118 cm³/mol. The molecule has 1 aliphatic heterocycles. The molecule has 0 spiro atoms. The highest BCUT2D eigenvalue weighted by Crippen LogP contribution is 2.42. The van der Waals surface area contributed by atoms with Gasteiger partial charge >= 0.3 is 5.91 Å². The molecule has 2 aromatic carbocycles. The first-order valence-electron chi connectivity index (χ1n) is 9.87. The third kappa shape index (κ3) is 3.80. The second kappa shape index (κ2) is 7.91. The van der Waals surface area contributed by atoms with Gasteiger partial charge in [0.05, 0.1) is 11.6 Å². The molecule has 0 aliphatic carbocycles. The minimum absolute atomic E-state index is 0.0986. The van der Waals surface area contributed by atoms with Crippen molar-refractivity contribution in [2.45, 2.75) is 32.2 Å². The molecule has 1 fully saturated rings. The van der Waals surface area contributed by atoms with Gasteiger partial charge in [-0.05, 0) is 42.0 Å². The first kappa shape index (κ1) is 21.8. The summed E-state index contributed by atoms with van der Waals surface area (Å²) in [5.41, 5.74) is 0.0313. The zero-order chi connectivity index (χ0) is 23.2. The van der Waals surface area contributed by atoms with E-state index in [-0.39, 0.29) is 11.4 Å². The lowest BCUT2D eigenvalue weighted by Crippen LogP contribution is -2.29. The lowest BCUT2D eigenvalue weighted by Gasteiger charge is -2.23. The maximum absolute atomic E-state index is 14.1. The van der Waals surface area contributed by atoms with E-state index in [9.17, 15) is 19.1 Å². The van der Waals surface area contributed by atoms with Crippen LogP contribution in [-0.4, -0.2) is 22.0 Å². The molecule has 0 bridgehead atoms. The van der Waals surface area contributed by atoms with Crippen LogP contribution in [-0.2, 0) is 15.0 Å². The Kier molecular flexibility index (Phi) is 5.38. The molecule has 0 saturated carbocycles. The number of rotatable bonds is 3. The normalized spacial score (nSPS) is 18.4. The van der Waals surface area contributed by atoms with Gasteiger partial charge in [-0.2, -0.15) is 0 Å². The van der Waals surface area contributed by atoms with E-state index in [1.807, 2.05) is 20.8 Å². The van der Waals surface area contributed by atoms with E-state index in [1.165, 1.54) is 30.3 Å². The molecule has 164 valence electrons. The first-order chi connectivity index (χ1) is 15.1. The Morgan fingerprint density at radius 3 is 2.41 bits per heavy atom. The molecule has 3 aromatic rings. The summed E-state index contributed by atoms with van der Waals surface area (Å²) >= 11 is 5.92. The summed E-state index contributed by atoms with van der Waals surface area (Å²) in [5.74, 6) is -2.14. The summed E-state index contributed by atoms with van der Waals surface area (Å²) in [7, 11) is 0. The Bertz CT molecular complexity index is 1240. The van der Waals surface area contributed by atoms with E-state index < -0.39 is 34.7 Å². The fraction of sp³-hybridized carbons (Fsp3) is 0.208. The van der Waals surface area contributed by atoms with Crippen LogP contribution in [0.1, 0.15) is 43.7 Å². The summed E-state index contributed by atoms with van der Waals surface area (Å²) < 4.78 is 19.5. The standard InChI is InChI=1S/C24H20ClFN2O4/c1-24(2,3)17-12-18(27-32-17)28-20(14-5-4-6-16(26)11-14)19(22(30)23(28)31)21(29)13-7-9-15(25)10-8-13/h4-12,20,29H,1-3H3/t20-/m1/s1. The molecule has 1 N–H and O–H groups in total. The van der Waals surface area contributed by atoms with Crippen molar-refractivity contribution in [3.8, 4) is 0 Å². The van der Waals surface area contributed by atoms with Gasteiger partial charge in [0.15, 0.2) is 5.82 Å². The predicted octanol–water partition coefficient (Wildman–Crippen LogP) is 5.39. The van der Waals surface area contributed by atoms with Gasteiger partial charge in [-0.1, -0.05) is 49.7 Å². The van der Waals surface area contributed by atoms with Crippen molar-refractivity contribution in [2.75, 3.05) is 4.90 Å². The molecule has 0 unspecified atom stereocenters.